The van der Waals surface area contributed by atoms with Crippen LogP contribution in [-0.4, -0.2) is 18.0 Å². The molecule has 0 aliphatic heterocycles. The van der Waals surface area contributed by atoms with Gasteiger partial charge in [0.2, 0.25) is 0 Å². The van der Waals surface area contributed by atoms with Crippen molar-refractivity contribution in [1.82, 2.24) is 9.97 Å². The fraction of sp³-hybridized carbons (Fsp3) is 0.0732. The normalized spacial score (nSPS) is 11.5. The quantitative estimate of drug-likeness (QED) is 0.182. The van der Waals surface area contributed by atoms with Crippen LogP contribution in [0.4, 0.5) is 0 Å². The Balaban J connectivity index is 1.29. The molecule has 3 heteroatoms. The number of hydrogen-bond donors (Lipinski definition) is 0. The third-order valence-corrected chi connectivity index (χ3v) is 10.3. The summed E-state index contributed by atoms with van der Waals surface area (Å²) in [5.41, 5.74) is 9.77. The zero-order chi connectivity index (χ0) is 30.1. The first kappa shape index (κ1) is 27.7. The van der Waals surface area contributed by atoms with E-state index in [1.165, 1.54) is 32.6 Å². The van der Waals surface area contributed by atoms with Crippen LogP contribution in [0, 0.1) is 0 Å². The van der Waals surface area contributed by atoms with Crippen molar-refractivity contribution in [3.05, 3.63) is 152 Å². The first-order valence-corrected chi connectivity index (χ1v) is 18.7. The summed E-state index contributed by atoms with van der Waals surface area (Å²) >= 11 is 0. The van der Waals surface area contributed by atoms with Crippen LogP contribution in [0.15, 0.2) is 152 Å². The lowest BCUT2D eigenvalue weighted by atomic mass is 9.97. The molecule has 2 nitrogen and oxygen atoms in total. The van der Waals surface area contributed by atoms with Gasteiger partial charge in [0.25, 0.3) is 0 Å². The molecule has 7 rings (SSSR count). The molecule has 6 aromatic carbocycles. The Labute approximate surface area is 260 Å². The third kappa shape index (κ3) is 5.75. The number of hydrogen-bond acceptors (Lipinski definition) is 2. The number of benzene rings is 6. The van der Waals surface area contributed by atoms with Crippen LogP contribution in [0.3, 0.4) is 0 Å². The van der Waals surface area contributed by atoms with E-state index in [4.69, 9.17) is 9.97 Å². The van der Waals surface area contributed by atoms with E-state index in [0.29, 0.717) is 0 Å². The van der Waals surface area contributed by atoms with Crippen LogP contribution in [0.2, 0.25) is 19.6 Å². The Morgan fingerprint density at radius 1 is 0.364 bits per heavy atom. The molecule has 0 saturated carbocycles. The highest BCUT2D eigenvalue weighted by Crippen LogP contribution is 2.32. The molecule has 0 unspecified atom stereocenters. The number of aromatic nitrogens is 2. The van der Waals surface area contributed by atoms with Gasteiger partial charge in [0.05, 0.1) is 19.5 Å². The van der Waals surface area contributed by atoms with Gasteiger partial charge in [-0.15, -0.1) is 0 Å². The lowest BCUT2D eigenvalue weighted by Gasteiger charge is -2.17. The zero-order valence-electron chi connectivity index (χ0n) is 25.3. The van der Waals surface area contributed by atoms with Crippen LogP contribution in [0.5, 0.6) is 0 Å². The van der Waals surface area contributed by atoms with E-state index in [1.807, 2.05) is 6.07 Å². The van der Waals surface area contributed by atoms with Crippen molar-refractivity contribution in [1.29, 1.82) is 0 Å². The summed E-state index contributed by atoms with van der Waals surface area (Å²) in [6.07, 6.45) is 0. The van der Waals surface area contributed by atoms with Crippen molar-refractivity contribution in [3.63, 3.8) is 0 Å². The van der Waals surface area contributed by atoms with Crippen LogP contribution < -0.4 is 5.19 Å². The molecule has 0 saturated heterocycles. The summed E-state index contributed by atoms with van der Waals surface area (Å²) in [5, 5.41) is 3.86. The number of nitrogens with zero attached hydrogens (tertiary/aromatic N) is 2. The van der Waals surface area contributed by atoms with Crippen LogP contribution >= 0.6 is 0 Å². The van der Waals surface area contributed by atoms with Crippen molar-refractivity contribution in [2.24, 2.45) is 0 Å². The lowest BCUT2D eigenvalue weighted by Crippen LogP contribution is -2.37. The van der Waals surface area contributed by atoms with Crippen LogP contribution in [0.25, 0.3) is 66.9 Å². The summed E-state index contributed by atoms with van der Waals surface area (Å²) in [7, 11) is -1.33. The Hall–Kier alpha value is -5.12. The highest BCUT2D eigenvalue weighted by Gasteiger charge is 2.16. The van der Waals surface area contributed by atoms with E-state index in [0.717, 1.165) is 39.5 Å². The maximum Gasteiger partial charge on any atom is 0.160 e. The van der Waals surface area contributed by atoms with Gasteiger partial charge in [0.15, 0.2) is 5.82 Å². The summed E-state index contributed by atoms with van der Waals surface area (Å²) in [4.78, 5) is 10.2. The molecule has 0 radical (unpaired) electrons. The molecule has 0 fully saturated rings. The molecule has 0 aliphatic rings. The Morgan fingerprint density at radius 3 is 1.57 bits per heavy atom. The summed E-state index contributed by atoms with van der Waals surface area (Å²) in [6, 6.07) is 54.0. The van der Waals surface area contributed by atoms with Gasteiger partial charge in [0.1, 0.15) is 0 Å². The smallest absolute Gasteiger partial charge is 0.160 e. The van der Waals surface area contributed by atoms with Crippen molar-refractivity contribution in [2.45, 2.75) is 19.6 Å². The van der Waals surface area contributed by atoms with Crippen molar-refractivity contribution < 1.29 is 0 Å². The first-order valence-electron chi connectivity index (χ1n) is 15.2. The van der Waals surface area contributed by atoms with Crippen LogP contribution in [0.1, 0.15) is 0 Å². The van der Waals surface area contributed by atoms with Gasteiger partial charge in [-0.25, -0.2) is 9.97 Å². The molecule has 1 heterocycles. The number of rotatable bonds is 6. The Morgan fingerprint density at radius 2 is 0.886 bits per heavy atom. The van der Waals surface area contributed by atoms with Crippen LogP contribution in [-0.2, 0) is 0 Å². The molecule has 212 valence electrons. The predicted molar refractivity (Wildman–Crippen MR) is 190 cm³/mol. The molecule has 0 N–H and O–H groups in total. The summed E-state index contributed by atoms with van der Waals surface area (Å²) in [5.74, 6) is 0.723. The fourth-order valence-corrected chi connectivity index (χ4v) is 6.88. The van der Waals surface area contributed by atoms with E-state index in [-0.39, 0.29) is 0 Å². The molecule has 0 spiro atoms. The third-order valence-electron chi connectivity index (χ3n) is 8.24. The summed E-state index contributed by atoms with van der Waals surface area (Å²) in [6.45, 7) is 7.17. The van der Waals surface area contributed by atoms with Gasteiger partial charge in [0, 0.05) is 16.7 Å². The monoisotopic (exact) mass is 582 g/mol. The zero-order valence-corrected chi connectivity index (χ0v) is 26.3. The van der Waals surface area contributed by atoms with E-state index < -0.39 is 8.07 Å². The minimum atomic E-state index is -1.33. The van der Waals surface area contributed by atoms with E-state index >= 15 is 0 Å². The largest absolute Gasteiger partial charge is 0.228 e. The first-order chi connectivity index (χ1) is 21.4. The average Bonchev–Trinajstić information content (AvgIpc) is 3.08. The molecular formula is C41H34N2Si. The maximum absolute atomic E-state index is 5.13. The second kappa shape index (κ2) is 11.5. The van der Waals surface area contributed by atoms with Gasteiger partial charge >= 0.3 is 0 Å². The van der Waals surface area contributed by atoms with E-state index in [1.54, 1.807) is 0 Å². The molecular weight excluding hydrogens is 549 g/mol. The van der Waals surface area contributed by atoms with Gasteiger partial charge in [-0.1, -0.05) is 152 Å². The maximum atomic E-state index is 5.13. The highest BCUT2D eigenvalue weighted by atomic mass is 28.3. The second-order valence-electron chi connectivity index (χ2n) is 12.4. The minimum absolute atomic E-state index is 0.723. The predicted octanol–water partition coefficient (Wildman–Crippen LogP) is 10.5. The molecule has 0 atom stereocenters. The van der Waals surface area contributed by atoms with Gasteiger partial charge < -0.3 is 0 Å². The molecule has 0 bridgehead atoms. The molecule has 44 heavy (non-hydrogen) atoms. The standard InChI is InChI=1S/C41H34N2Si/c1-44(2,3)38-23-21-30(22-24-38)33-15-9-16-34(25-33)35-17-10-18-36(26-35)40-28-39(31-12-5-4-6-13-31)42-41(43-40)37-20-19-29-11-7-8-14-32(29)27-37/h4-28H,1-3H3. The van der Waals surface area contributed by atoms with Gasteiger partial charge in [-0.2, -0.15) is 0 Å². The number of fused-ring (bicyclic) bond motifs is 1. The fourth-order valence-electron chi connectivity index (χ4n) is 5.71. The Kier molecular flexibility index (Phi) is 7.25. The molecule has 7 aromatic rings. The highest BCUT2D eigenvalue weighted by molar-refractivity contribution is 6.88. The average molecular weight is 583 g/mol. The lowest BCUT2D eigenvalue weighted by molar-refractivity contribution is 1.18. The molecule has 0 aliphatic carbocycles. The van der Waals surface area contributed by atoms with E-state index in [2.05, 4.69) is 165 Å². The van der Waals surface area contributed by atoms with Crippen molar-refractivity contribution in [2.75, 3.05) is 0 Å². The Bertz CT molecular complexity index is 2090. The SMILES string of the molecule is C[Si](C)(C)c1ccc(-c2cccc(-c3cccc(-c4cc(-c5ccccc5)nc(-c5ccc6ccccc6c5)n4)c3)c2)cc1. The molecule has 0 amide bonds. The van der Waals surface area contributed by atoms with E-state index in [9.17, 15) is 0 Å². The molecule has 1 aromatic heterocycles. The second-order valence-corrected chi connectivity index (χ2v) is 17.5. The topological polar surface area (TPSA) is 25.8 Å². The van der Waals surface area contributed by atoms with Crippen molar-refractivity contribution >= 4 is 24.0 Å². The summed E-state index contributed by atoms with van der Waals surface area (Å²) < 4.78 is 0. The van der Waals surface area contributed by atoms with Gasteiger partial charge in [-0.3, -0.25) is 0 Å². The minimum Gasteiger partial charge on any atom is -0.228 e. The van der Waals surface area contributed by atoms with Gasteiger partial charge in [-0.05, 0) is 57.3 Å². The van der Waals surface area contributed by atoms with Crippen molar-refractivity contribution in [3.8, 4) is 56.2 Å².